The maximum absolute atomic E-state index is 14.1. The van der Waals surface area contributed by atoms with E-state index >= 15 is 0 Å². The molecule has 2 aromatic heterocycles. The second-order valence-corrected chi connectivity index (χ2v) is 6.95. The van der Waals surface area contributed by atoms with Gasteiger partial charge in [0.25, 0.3) is 5.56 Å². The number of halogens is 1. The number of hydrogen-bond acceptors (Lipinski definition) is 3. The molecular weight excluding hydrogens is 359 g/mol. The molecule has 27 heavy (non-hydrogen) atoms. The van der Waals surface area contributed by atoms with Crippen LogP contribution in [0.1, 0.15) is 11.4 Å². The summed E-state index contributed by atoms with van der Waals surface area (Å²) in [5.41, 5.74) is 2.09. The molecule has 0 saturated carbocycles. The van der Waals surface area contributed by atoms with Gasteiger partial charge >= 0.3 is 0 Å². The van der Waals surface area contributed by atoms with Crippen LogP contribution in [0.2, 0.25) is 0 Å². The van der Waals surface area contributed by atoms with Crippen LogP contribution >= 0.6 is 11.3 Å². The Labute approximate surface area is 159 Å². The van der Waals surface area contributed by atoms with Gasteiger partial charge in [-0.1, -0.05) is 54.5 Å². The van der Waals surface area contributed by atoms with Crippen molar-refractivity contribution >= 4 is 21.6 Å². The van der Waals surface area contributed by atoms with Crippen molar-refractivity contribution in [1.82, 2.24) is 9.55 Å². The molecule has 0 aliphatic carbocycles. The fraction of sp³-hybridized carbons (Fsp3) is 0.0909. The zero-order valence-corrected chi connectivity index (χ0v) is 15.2. The first-order valence-electron chi connectivity index (χ1n) is 8.42. The van der Waals surface area contributed by atoms with Crippen LogP contribution in [0.4, 0.5) is 4.39 Å². The molecule has 0 bridgehead atoms. The van der Waals surface area contributed by atoms with Gasteiger partial charge in [0.15, 0.2) is 0 Å². The third-order valence-electron chi connectivity index (χ3n) is 4.41. The van der Waals surface area contributed by atoms with Gasteiger partial charge in [-0.25, -0.2) is 9.37 Å². The molecule has 0 amide bonds. The molecule has 0 radical (unpaired) electrons. The minimum Gasteiger partial charge on any atom is -0.284 e. The van der Waals surface area contributed by atoms with E-state index in [2.05, 4.69) is 10.9 Å². The highest BCUT2D eigenvalue weighted by atomic mass is 32.1. The van der Waals surface area contributed by atoms with Crippen molar-refractivity contribution in [1.29, 1.82) is 0 Å². The molecule has 0 atom stereocenters. The quantitative estimate of drug-likeness (QED) is 0.494. The smallest absolute Gasteiger partial charge is 0.263 e. The maximum Gasteiger partial charge on any atom is 0.263 e. The first-order valence-corrected chi connectivity index (χ1v) is 9.30. The average Bonchev–Trinajstić information content (AvgIpc) is 3.11. The van der Waals surface area contributed by atoms with E-state index in [4.69, 9.17) is 6.42 Å². The number of rotatable bonds is 4. The zero-order chi connectivity index (χ0) is 18.8. The van der Waals surface area contributed by atoms with Crippen LogP contribution in [-0.2, 0) is 13.0 Å². The fourth-order valence-corrected chi connectivity index (χ4v) is 4.05. The van der Waals surface area contributed by atoms with E-state index in [9.17, 15) is 9.18 Å². The normalized spacial score (nSPS) is 10.8. The van der Waals surface area contributed by atoms with Crippen molar-refractivity contribution < 1.29 is 4.39 Å². The summed E-state index contributed by atoms with van der Waals surface area (Å²) < 4.78 is 15.5. The van der Waals surface area contributed by atoms with Crippen molar-refractivity contribution in [3.8, 4) is 23.5 Å². The first kappa shape index (κ1) is 17.2. The van der Waals surface area contributed by atoms with Gasteiger partial charge in [0.1, 0.15) is 16.5 Å². The number of terminal acetylenes is 1. The van der Waals surface area contributed by atoms with Crippen molar-refractivity contribution in [2.24, 2.45) is 0 Å². The Morgan fingerprint density at radius 3 is 2.59 bits per heavy atom. The van der Waals surface area contributed by atoms with Crippen LogP contribution in [0.25, 0.3) is 21.3 Å². The standard InChI is InChI=1S/C22H15FN2OS/c1-2-12-25-19(13-16-10-6-7-11-18(16)23)24-21-20(22(25)26)17(14-27-21)15-8-4-3-5-9-15/h1,3-11,14H,12-13H2. The van der Waals surface area contributed by atoms with E-state index in [1.165, 1.54) is 22.0 Å². The lowest BCUT2D eigenvalue weighted by molar-refractivity contribution is 0.607. The second-order valence-electron chi connectivity index (χ2n) is 6.09. The average molecular weight is 374 g/mol. The van der Waals surface area contributed by atoms with Crippen LogP contribution in [0.5, 0.6) is 0 Å². The molecular formula is C22H15FN2OS. The number of thiophene rings is 1. The molecule has 4 aromatic rings. The summed E-state index contributed by atoms with van der Waals surface area (Å²) in [6, 6.07) is 16.2. The number of fused-ring (bicyclic) bond motifs is 1. The Hall–Kier alpha value is -3.23. The molecule has 132 valence electrons. The van der Waals surface area contributed by atoms with Gasteiger partial charge in [0.05, 0.1) is 11.9 Å². The molecule has 0 saturated heterocycles. The van der Waals surface area contributed by atoms with Gasteiger partial charge in [-0.05, 0) is 17.2 Å². The summed E-state index contributed by atoms with van der Waals surface area (Å²) in [6.07, 6.45) is 5.69. The van der Waals surface area contributed by atoms with Gasteiger partial charge in [0.2, 0.25) is 0 Å². The van der Waals surface area contributed by atoms with Crippen molar-refractivity contribution in [2.75, 3.05) is 0 Å². The predicted octanol–water partition coefficient (Wildman–Crippen LogP) is 4.49. The van der Waals surface area contributed by atoms with Crippen LogP contribution < -0.4 is 5.56 Å². The summed E-state index contributed by atoms with van der Waals surface area (Å²) in [4.78, 5) is 18.5. The van der Waals surface area contributed by atoms with Gasteiger partial charge in [0, 0.05) is 17.4 Å². The minimum atomic E-state index is -0.324. The Morgan fingerprint density at radius 2 is 1.85 bits per heavy atom. The highest BCUT2D eigenvalue weighted by Crippen LogP contribution is 2.31. The Kier molecular flexibility index (Phi) is 4.57. The molecule has 0 unspecified atom stereocenters. The largest absolute Gasteiger partial charge is 0.284 e. The highest BCUT2D eigenvalue weighted by Gasteiger charge is 2.17. The number of aromatic nitrogens is 2. The zero-order valence-electron chi connectivity index (χ0n) is 14.4. The van der Waals surface area contributed by atoms with Crippen molar-refractivity contribution in [3.63, 3.8) is 0 Å². The van der Waals surface area contributed by atoms with E-state index in [1.807, 2.05) is 35.7 Å². The molecule has 0 N–H and O–H groups in total. The van der Waals surface area contributed by atoms with Crippen LogP contribution in [0, 0.1) is 18.2 Å². The molecule has 3 nitrogen and oxygen atoms in total. The molecule has 0 spiro atoms. The minimum absolute atomic E-state index is 0.0929. The topological polar surface area (TPSA) is 34.9 Å². The predicted molar refractivity (Wildman–Crippen MR) is 107 cm³/mol. The number of hydrogen-bond donors (Lipinski definition) is 0. The molecule has 2 aromatic carbocycles. The Balaban J connectivity index is 1.92. The number of nitrogens with zero attached hydrogens (tertiary/aromatic N) is 2. The van der Waals surface area contributed by atoms with Crippen molar-refractivity contribution in [3.05, 3.63) is 87.5 Å². The molecule has 5 heteroatoms. The molecule has 0 aliphatic rings. The van der Waals surface area contributed by atoms with Crippen LogP contribution in [0.15, 0.2) is 64.8 Å². The van der Waals surface area contributed by atoms with Crippen molar-refractivity contribution in [2.45, 2.75) is 13.0 Å². The highest BCUT2D eigenvalue weighted by molar-refractivity contribution is 7.17. The van der Waals surface area contributed by atoms with Gasteiger partial charge in [-0.2, -0.15) is 0 Å². The van der Waals surface area contributed by atoms with E-state index in [0.29, 0.717) is 21.6 Å². The summed E-state index contributed by atoms with van der Waals surface area (Å²) in [5.74, 6) is 2.66. The molecule has 0 aliphatic heterocycles. The van der Waals surface area contributed by atoms with E-state index in [0.717, 1.165) is 11.1 Å². The van der Waals surface area contributed by atoms with E-state index < -0.39 is 0 Å². The molecule has 0 fully saturated rings. The third-order valence-corrected chi connectivity index (χ3v) is 5.29. The molecule has 2 heterocycles. The van der Waals surface area contributed by atoms with E-state index in [-0.39, 0.29) is 24.3 Å². The van der Waals surface area contributed by atoms with Crippen LogP contribution in [0.3, 0.4) is 0 Å². The van der Waals surface area contributed by atoms with Crippen LogP contribution in [-0.4, -0.2) is 9.55 Å². The molecule has 4 rings (SSSR count). The fourth-order valence-electron chi connectivity index (χ4n) is 3.10. The first-order chi connectivity index (χ1) is 13.2. The lowest BCUT2D eigenvalue weighted by Gasteiger charge is -2.11. The summed E-state index contributed by atoms with van der Waals surface area (Å²) in [5, 5.41) is 2.49. The van der Waals surface area contributed by atoms with E-state index in [1.54, 1.807) is 18.2 Å². The Bertz CT molecular complexity index is 1220. The third kappa shape index (κ3) is 3.16. The monoisotopic (exact) mass is 374 g/mol. The summed E-state index contributed by atoms with van der Waals surface area (Å²) in [6.45, 7) is 0.0929. The Morgan fingerprint density at radius 1 is 1.11 bits per heavy atom. The summed E-state index contributed by atoms with van der Waals surface area (Å²) in [7, 11) is 0. The van der Waals surface area contributed by atoms with Gasteiger partial charge in [-0.15, -0.1) is 17.8 Å². The van der Waals surface area contributed by atoms with Gasteiger partial charge in [-0.3, -0.25) is 9.36 Å². The summed E-state index contributed by atoms with van der Waals surface area (Å²) >= 11 is 1.41. The maximum atomic E-state index is 14.1. The van der Waals surface area contributed by atoms with Gasteiger partial charge < -0.3 is 0 Å². The second kappa shape index (κ2) is 7.18. The number of benzene rings is 2. The lowest BCUT2D eigenvalue weighted by Crippen LogP contribution is -2.25. The SMILES string of the molecule is C#CCn1c(Cc2ccccc2F)nc2scc(-c3ccccc3)c2c1=O. The lowest BCUT2D eigenvalue weighted by atomic mass is 10.1.